The van der Waals surface area contributed by atoms with Crippen molar-refractivity contribution in [2.75, 3.05) is 19.4 Å². The quantitative estimate of drug-likeness (QED) is 0.613. The molecule has 112 valence electrons. The summed E-state index contributed by atoms with van der Waals surface area (Å²) in [6.07, 6.45) is 1.49. The molecule has 0 spiro atoms. The zero-order chi connectivity index (χ0) is 14.6. The maximum atomic E-state index is 11.0. The van der Waals surface area contributed by atoms with Crippen molar-refractivity contribution in [3.63, 3.8) is 0 Å². The zero-order valence-corrected chi connectivity index (χ0v) is 12.0. The van der Waals surface area contributed by atoms with Crippen molar-refractivity contribution >= 4 is 10.0 Å². The van der Waals surface area contributed by atoms with Crippen LogP contribution in [0.5, 0.6) is 0 Å². The molecule has 1 aliphatic rings. The van der Waals surface area contributed by atoms with Crippen LogP contribution in [-0.2, 0) is 21.3 Å². The molecule has 0 saturated carbocycles. The molecule has 0 bridgehead atoms. The molecule has 0 radical (unpaired) electrons. The van der Waals surface area contributed by atoms with Gasteiger partial charge >= 0.3 is 0 Å². The zero-order valence-electron chi connectivity index (χ0n) is 11.2. The van der Waals surface area contributed by atoms with Crippen LogP contribution in [0.2, 0.25) is 0 Å². The third-order valence-corrected chi connectivity index (χ3v) is 3.79. The van der Waals surface area contributed by atoms with E-state index in [0.717, 1.165) is 11.9 Å². The van der Waals surface area contributed by atoms with E-state index in [-0.39, 0.29) is 12.6 Å². The molecule has 3 unspecified atom stereocenters. The smallest absolute Gasteiger partial charge is 0.208 e. The Hall–Kier alpha value is -1.06. The van der Waals surface area contributed by atoms with E-state index in [1.807, 2.05) is 18.2 Å². The summed E-state index contributed by atoms with van der Waals surface area (Å²) in [6, 6.07) is 5.38. The Morgan fingerprint density at radius 2 is 2.30 bits per heavy atom. The van der Waals surface area contributed by atoms with Gasteiger partial charge in [0.1, 0.15) is 0 Å². The highest BCUT2D eigenvalue weighted by Crippen LogP contribution is 2.14. The van der Waals surface area contributed by atoms with E-state index >= 15 is 0 Å². The summed E-state index contributed by atoms with van der Waals surface area (Å²) < 4.78 is 29.8. The molecule has 0 amide bonds. The number of aromatic nitrogens is 1. The van der Waals surface area contributed by atoms with Gasteiger partial charge in [0.15, 0.2) is 0 Å². The third kappa shape index (κ3) is 4.50. The largest absolute Gasteiger partial charge is 0.389 e. The van der Waals surface area contributed by atoms with E-state index in [9.17, 15) is 13.5 Å². The van der Waals surface area contributed by atoms with Crippen LogP contribution in [0, 0.1) is 0 Å². The average Bonchev–Trinajstić information content (AvgIpc) is 2.75. The van der Waals surface area contributed by atoms with Crippen LogP contribution in [0.1, 0.15) is 5.69 Å². The van der Waals surface area contributed by atoms with Gasteiger partial charge in [-0.15, -0.1) is 0 Å². The molecule has 3 atom stereocenters. The highest BCUT2D eigenvalue weighted by atomic mass is 32.2. The van der Waals surface area contributed by atoms with Gasteiger partial charge in [0.2, 0.25) is 10.0 Å². The molecule has 0 aromatic carbocycles. The summed E-state index contributed by atoms with van der Waals surface area (Å²) in [7, 11) is -3.28. The Kier molecular flexibility index (Phi) is 5.06. The fourth-order valence-electron chi connectivity index (χ4n) is 2.01. The Labute approximate surface area is 118 Å². The summed E-state index contributed by atoms with van der Waals surface area (Å²) in [5, 5.41) is 13.2. The predicted molar refractivity (Wildman–Crippen MR) is 73.5 cm³/mol. The molecule has 1 aromatic rings. The first-order chi connectivity index (χ1) is 9.46. The van der Waals surface area contributed by atoms with Gasteiger partial charge in [-0.3, -0.25) is 4.98 Å². The number of rotatable bonds is 6. The number of ether oxygens (including phenoxy) is 1. The van der Waals surface area contributed by atoms with Gasteiger partial charge in [0, 0.05) is 19.3 Å². The van der Waals surface area contributed by atoms with Crippen LogP contribution < -0.4 is 10.0 Å². The van der Waals surface area contributed by atoms with Gasteiger partial charge in [-0.05, 0) is 12.1 Å². The molecule has 1 saturated heterocycles. The molecule has 20 heavy (non-hydrogen) atoms. The third-order valence-electron chi connectivity index (χ3n) is 3.10. The molecule has 7 nitrogen and oxygen atoms in total. The first kappa shape index (κ1) is 15.3. The maximum absolute atomic E-state index is 11.0. The summed E-state index contributed by atoms with van der Waals surface area (Å²) in [6.45, 7) is 0.935. The van der Waals surface area contributed by atoms with Crippen LogP contribution in [0.15, 0.2) is 24.4 Å². The maximum Gasteiger partial charge on any atom is 0.208 e. The van der Waals surface area contributed by atoms with E-state index in [1.54, 1.807) is 6.20 Å². The molecule has 8 heteroatoms. The number of aliphatic hydroxyl groups excluding tert-OH is 1. The van der Waals surface area contributed by atoms with Crippen LogP contribution in [0.4, 0.5) is 0 Å². The van der Waals surface area contributed by atoms with Crippen molar-refractivity contribution < 1.29 is 18.3 Å². The molecule has 0 aliphatic carbocycles. The van der Waals surface area contributed by atoms with E-state index in [0.29, 0.717) is 13.2 Å². The molecule has 1 aliphatic heterocycles. The van der Waals surface area contributed by atoms with E-state index in [1.165, 1.54) is 0 Å². The first-order valence-electron chi connectivity index (χ1n) is 6.33. The summed E-state index contributed by atoms with van der Waals surface area (Å²) >= 11 is 0. The van der Waals surface area contributed by atoms with Crippen LogP contribution in [-0.4, -0.2) is 56.2 Å². The van der Waals surface area contributed by atoms with E-state index in [2.05, 4.69) is 15.0 Å². The van der Waals surface area contributed by atoms with Gasteiger partial charge < -0.3 is 15.2 Å². The second-order valence-corrected chi connectivity index (χ2v) is 6.62. The van der Waals surface area contributed by atoms with Gasteiger partial charge in [-0.1, -0.05) is 6.07 Å². The lowest BCUT2D eigenvalue weighted by atomic mass is 10.1. The van der Waals surface area contributed by atoms with Gasteiger partial charge in [-0.25, -0.2) is 13.1 Å². The number of pyridine rings is 1. The summed E-state index contributed by atoms with van der Waals surface area (Å²) in [4.78, 5) is 4.18. The molecule has 2 rings (SSSR count). The monoisotopic (exact) mass is 301 g/mol. The number of hydrogen-bond donors (Lipinski definition) is 3. The van der Waals surface area contributed by atoms with E-state index < -0.39 is 22.2 Å². The van der Waals surface area contributed by atoms with Crippen molar-refractivity contribution in [3.05, 3.63) is 30.1 Å². The predicted octanol–water partition coefficient (Wildman–Crippen LogP) is -1.15. The second kappa shape index (κ2) is 6.59. The number of nitrogens with one attached hydrogen (secondary N) is 2. The van der Waals surface area contributed by atoms with Crippen LogP contribution >= 0.6 is 0 Å². The molecular weight excluding hydrogens is 282 g/mol. The Balaban J connectivity index is 1.80. The molecule has 1 aromatic heterocycles. The highest BCUT2D eigenvalue weighted by Gasteiger charge is 2.35. The van der Waals surface area contributed by atoms with Gasteiger partial charge in [-0.2, -0.15) is 0 Å². The minimum atomic E-state index is -3.28. The fraction of sp³-hybridized carbons (Fsp3) is 0.583. The van der Waals surface area contributed by atoms with Crippen LogP contribution in [0.25, 0.3) is 0 Å². The lowest BCUT2D eigenvalue weighted by Gasteiger charge is -2.18. The standard InChI is InChI=1S/C12H19N3O4S/c1-20(17,18)15-7-11-12(16)10(8-19-11)14-6-9-4-2-3-5-13-9/h2-5,10-12,14-16H,6-8H2,1H3. The molecule has 2 heterocycles. The van der Waals surface area contributed by atoms with Crippen molar-refractivity contribution in [2.24, 2.45) is 0 Å². The average molecular weight is 301 g/mol. The van der Waals surface area contributed by atoms with E-state index in [4.69, 9.17) is 4.74 Å². The lowest BCUT2D eigenvalue weighted by molar-refractivity contribution is 0.0444. The minimum Gasteiger partial charge on any atom is -0.389 e. The Morgan fingerprint density at radius 3 is 2.95 bits per heavy atom. The van der Waals surface area contributed by atoms with Crippen molar-refractivity contribution in [3.8, 4) is 0 Å². The summed E-state index contributed by atoms with van der Waals surface area (Å²) in [5.41, 5.74) is 0.873. The Bertz CT molecular complexity index is 523. The SMILES string of the molecule is CS(=O)(=O)NCC1OCC(NCc2ccccn2)C1O. The highest BCUT2D eigenvalue weighted by molar-refractivity contribution is 7.88. The fourth-order valence-corrected chi connectivity index (χ4v) is 2.48. The molecule has 3 N–H and O–H groups in total. The first-order valence-corrected chi connectivity index (χ1v) is 8.22. The van der Waals surface area contributed by atoms with Gasteiger partial charge in [0.05, 0.1) is 36.8 Å². The minimum absolute atomic E-state index is 0.0712. The number of nitrogens with zero attached hydrogens (tertiary/aromatic N) is 1. The lowest BCUT2D eigenvalue weighted by Crippen LogP contribution is -2.44. The second-order valence-electron chi connectivity index (χ2n) is 4.79. The normalized spacial score (nSPS) is 26.8. The van der Waals surface area contributed by atoms with Gasteiger partial charge in [0.25, 0.3) is 0 Å². The number of aliphatic hydroxyl groups is 1. The van der Waals surface area contributed by atoms with Crippen molar-refractivity contribution in [1.82, 2.24) is 15.0 Å². The molecule has 1 fully saturated rings. The topological polar surface area (TPSA) is 101 Å². The Morgan fingerprint density at radius 1 is 1.50 bits per heavy atom. The van der Waals surface area contributed by atoms with Crippen molar-refractivity contribution in [1.29, 1.82) is 0 Å². The number of sulfonamides is 1. The molecular formula is C12H19N3O4S. The van der Waals surface area contributed by atoms with Crippen molar-refractivity contribution in [2.45, 2.75) is 24.8 Å². The van der Waals surface area contributed by atoms with Crippen LogP contribution in [0.3, 0.4) is 0 Å². The number of hydrogen-bond acceptors (Lipinski definition) is 6. The summed E-state index contributed by atoms with van der Waals surface area (Å²) in [5.74, 6) is 0.